The predicted molar refractivity (Wildman–Crippen MR) is 73.7 cm³/mol. The lowest BCUT2D eigenvalue weighted by Gasteiger charge is -2.08. The minimum absolute atomic E-state index is 0.904. The van der Waals surface area contributed by atoms with Crippen molar-refractivity contribution in [2.45, 2.75) is 84.0 Å². The van der Waals surface area contributed by atoms with Crippen molar-refractivity contribution in [2.75, 3.05) is 0 Å². The topological polar surface area (TPSA) is 0 Å². The van der Waals surface area contributed by atoms with Crippen LogP contribution < -0.4 is 0 Å². The molecule has 0 saturated heterocycles. The summed E-state index contributed by atoms with van der Waals surface area (Å²) in [5.74, 6) is 0.904. The van der Waals surface area contributed by atoms with Crippen LogP contribution in [-0.2, 0) is 0 Å². The van der Waals surface area contributed by atoms with Gasteiger partial charge in [-0.1, -0.05) is 76.9 Å². The molecule has 0 spiro atoms. The molecule has 94 valence electrons. The Morgan fingerprint density at radius 3 is 1.94 bits per heavy atom. The molecule has 1 atom stereocenters. The van der Waals surface area contributed by atoms with Crippen LogP contribution in [0.5, 0.6) is 0 Å². The van der Waals surface area contributed by atoms with E-state index in [1.54, 1.807) is 0 Å². The highest BCUT2D eigenvalue weighted by molar-refractivity contribution is 4.83. The molecule has 0 unspecified atom stereocenters. The molecule has 0 amide bonds. The highest BCUT2D eigenvalue weighted by atomic mass is 14.1. The van der Waals surface area contributed by atoms with Gasteiger partial charge in [-0.2, -0.15) is 0 Å². The fourth-order valence-corrected chi connectivity index (χ4v) is 2.56. The van der Waals surface area contributed by atoms with Crippen molar-refractivity contribution >= 4 is 0 Å². The van der Waals surface area contributed by atoms with Crippen LogP contribution in [0.2, 0.25) is 0 Å². The van der Waals surface area contributed by atoms with Gasteiger partial charge in [-0.15, -0.1) is 0 Å². The van der Waals surface area contributed by atoms with Crippen LogP contribution in [0.1, 0.15) is 84.0 Å². The van der Waals surface area contributed by atoms with Gasteiger partial charge >= 0.3 is 0 Å². The monoisotopic (exact) mass is 222 g/mol. The molecular formula is C16H30. The third-order valence-corrected chi connectivity index (χ3v) is 3.77. The minimum Gasteiger partial charge on any atom is -0.0885 e. The second-order valence-electron chi connectivity index (χ2n) is 5.57. The van der Waals surface area contributed by atoms with E-state index in [4.69, 9.17) is 0 Å². The van der Waals surface area contributed by atoms with Crippen molar-refractivity contribution in [3.05, 3.63) is 12.2 Å². The van der Waals surface area contributed by atoms with Crippen molar-refractivity contribution in [3.63, 3.8) is 0 Å². The molecule has 0 aromatic carbocycles. The zero-order valence-electron chi connectivity index (χ0n) is 11.2. The summed E-state index contributed by atoms with van der Waals surface area (Å²) in [7, 11) is 0. The molecule has 1 aliphatic rings. The van der Waals surface area contributed by atoms with Crippen LogP contribution in [0.25, 0.3) is 0 Å². The molecule has 0 fully saturated rings. The Labute approximate surface area is 103 Å². The van der Waals surface area contributed by atoms with E-state index in [2.05, 4.69) is 19.1 Å². The minimum atomic E-state index is 0.904. The van der Waals surface area contributed by atoms with Crippen molar-refractivity contribution in [1.82, 2.24) is 0 Å². The summed E-state index contributed by atoms with van der Waals surface area (Å²) in [5, 5.41) is 0. The van der Waals surface area contributed by atoms with Gasteiger partial charge in [-0.05, 0) is 25.2 Å². The Kier molecular flexibility index (Phi) is 8.57. The van der Waals surface area contributed by atoms with Crippen molar-refractivity contribution < 1.29 is 0 Å². The maximum absolute atomic E-state index is 2.42. The van der Waals surface area contributed by atoms with E-state index in [0.29, 0.717) is 0 Å². The van der Waals surface area contributed by atoms with Gasteiger partial charge in [0.1, 0.15) is 0 Å². The van der Waals surface area contributed by atoms with Gasteiger partial charge in [0, 0.05) is 0 Å². The highest BCUT2D eigenvalue weighted by Gasteiger charge is 2.00. The molecule has 0 aromatic heterocycles. The Morgan fingerprint density at radius 2 is 1.25 bits per heavy atom. The Bertz CT molecular complexity index is 169. The average Bonchev–Trinajstić information content (AvgIpc) is 2.29. The largest absolute Gasteiger partial charge is 0.0885 e. The predicted octanol–water partition coefficient (Wildman–Crippen LogP) is 5.87. The van der Waals surface area contributed by atoms with Crippen LogP contribution in [-0.4, -0.2) is 0 Å². The SMILES string of the molecule is C[C@H]1C/C=C\CCCCCCCCCCC1. The number of rotatable bonds is 0. The van der Waals surface area contributed by atoms with Crippen LogP contribution in [0.15, 0.2) is 12.2 Å². The van der Waals surface area contributed by atoms with Crippen LogP contribution in [0.4, 0.5) is 0 Å². The van der Waals surface area contributed by atoms with E-state index in [9.17, 15) is 0 Å². The van der Waals surface area contributed by atoms with Crippen LogP contribution in [0.3, 0.4) is 0 Å². The second-order valence-corrected chi connectivity index (χ2v) is 5.57. The summed E-state index contributed by atoms with van der Waals surface area (Å²) < 4.78 is 0. The fourth-order valence-electron chi connectivity index (χ4n) is 2.56. The lowest BCUT2D eigenvalue weighted by molar-refractivity contribution is 0.484. The van der Waals surface area contributed by atoms with Crippen molar-refractivity contribution in [1.29, 1.82) is 0 Å². The first kappa shape index (κ1) is 13.8. The summed E-state index contributed by atoms with van der Waals surface area (Å²) in [5.41, 5.74) is 0. The summed E-state index contributed by atoms with van der Waals surface area (Å²) in [6.07, 6.45) is 22.0. The van der Waals surface area contributed by atoms with E-state index in [1.807, 2.05) is 0 Å². The molecule has 0 bridgehead atoms. The van der Waals surface area contributed by atoms with Gasteiger partial charge in [0.25, 0.3) is 0 Å². The zero-order valence-corrected chi connectivity index (χ0v) is 11.2. The van der Waals surface area contributed by atoms with Crippen molar-refractivity contribution in [2.24, 2.45) is 5.92 Å². The Hall–Kier alpha value is -0.260. The molecule has 0 nitrogen and oxygen atoms in total. The van der Waals surface area contributed by atoms with Gasteiger partial charge in [-0.3, -0.25) is 0 Å². The number of hydrogen-bond donors (Lipinski definition) is 0. The van der Waals surface area contributed by atoms with E-state index >= 15 is 0 Å². The van der Waals surface area contributed by atoms with Crippen LogP contribution >= 0.6 is 0 Å². The highest BCUT2D eigenvalue weighted by Crippen LogP contribution is 2.17. The number of allylic oxidation sites excluding steroid dienone is 2. The van der Waals surface area contributed by atoms with Gasteiger partial charge in [0.2, 0.25) is 0 Å². The molecule has 0 aromatic rings. The summed E-state index contributed by atoms with van der Waals surface area (Å²) in [6.45, 7) is 2.41. The third-order valence-electron chi connectivity index (χ3n) is 3.77. The molecular weight excluding hydrogens is 192 g/mol. The quantitative estimate of drug-likeness (QED) is 0.449. The van der Waals surface area contributed by atoms with Gasteiger partial charge < -0.3 is 0 Å². The molecule has 1 rings (SSSR count). The average molecular weight is 222 g/mol. The second kappa shape index (κ2) is 9.93. The molecule has 0 heteroatoms. The van der Waals surface area contributed by atoms with E-state index in [0.717, 1.165) is 5.92 Å². The molecule has 0 radical (unpaired) electrons. The lowest BCUT2D eigenvalue weighted by atomic mass is 9.99. The summed E-state index contributed by atoms with van der Waals surface area (Å²) in [4.78, 5) is 0. The first-order valence-corrected chi connectivity index (χ1v) is 7.54. The fraction of sp³-hybridized carbons (Fsp3) is 0.875. The summed E-state index contributed by atoms with van der Waals surface area (Å²) >= 11 is 0. The van der Waals surface area contributed by atoms with E-state index in [1.165, 1.54) is 77.0 Å². The molecule has 1 aliphatic carbocycles. The number of hydrogen-bond acceptors (Lipinski definition) is 0. The first-order chi connectivity index (χ1) is 7.89. The molecule has 0 aliphatic heterocycles. The standard InChI is InChI=1S/C16H30/c1-16-14-12-10-8-6-4-2-3-5-7-9-11-13-15-16/h10,12,16H,2-9,11,13-15H2,1H3/b12-10-/t16-/m0/s1. The van der Waals surface area contributed by atoms with E-state index in [-0.39, 0.29) is 0 Å². The van der Waals surface area contributed by atoms with Gasteiger partial charge in [0.15, 0.2) is 0 Å². The van der Waals surface area contributed by atoms with Crippen LogP contribution in [0, 0.1) is 5.92 Å². The molecule has 0 N–H and O–H groups in total. The Balaban J connectivity index is 2.18. The molecule has 0 saturated carbocycles. The smallest absolute Gasteiger partial charge is 0.0325 e. The molecule has 0 heterocycles. The van der Waals surface area contributed by atoms with Crippen molar-refractivity contribution in [3.8, 4) is 0 Å². The Morgan fingerprint density at radius 1 is 0.688 bits per heavy atom. The maximum Gasteiger partial charge on any atom is -0.0325 e. The normalized spacial score (nSPS) is 28.9. The van der Waals surface area contributed by atoms with Gasteiger partial charge in [-0.25, -0.2) is 0 Å². The zero-order chi connectivity index (χ0) is 11.5. The lowest BCUT2D eigenvalue weighted by Crippen LogP contribution is -1.92. The maximum atomic E-state index is 2.42. The van der Waals surface area contributed by atoms with E-state index < -0.39 is 0 Å². The third kappa shape index (κ3) is 7.96. The molecule has 16 heavy (non-hydrogen) atoms. The summed E-state index contributed by atoms with van der Waals surface area (Å²) in [6, 6.07) is 0. The first-order valence-electron chi connectivity index (χ1n) is 7.54. The van der Waals surface area contributed by atoms with Gasteiger partial charge in [0.05, 0.1) is 0 Å².